The number of carbonyl (C=O) groups is 1. The Kier molecular flexibility index (Phi) is 5.31. The quantitative estimate of drug-likeness (QED) is 0.808. The minimum Gasteiger partial charge on any atom is -0.496 e. The van der Waals surface area contributed by atoms with E-state index in [1.54, 1.807) is 7.11 Å². The van der Waals surface area contributed by atoms with E-state index >= 15 is 0 Å². The van der Waals surface area contributed by atoms with Gasteiger partial charge in [-0.1, -0.05) is 17.7 Å². The molecular formula is C12H17NO3S. The Morgan fingerprint density at radius 2 is 2.29 bits per heavy atom. The molecule has 17 heavy (non-hydrogen) atoms. The average Bonchev–Trinajstić information content (AvgIpc) is 2.29. The molecule has 0 aromatic heterocycles. The van der Waals surface area contributed by atoms with Gasteiger partial charge in [0.15, 0.2) is 0 Å². The first-order chi connectivity index (χ1) is 8.04. The van der Waals surface area contributed by atoms with Crippen molar-refractivity contribution >= 4 is 17.7 Å². The number of aryl methyl sites for hydroxylation is 1. The lowest BCUT2D eigenvalue weighted by atomic mass is 10.1. The molecule has 0 amide bonds. The van der Waals surface area contributed by atoms with Crippen molar-refractivity contribution in [3.63, 3.8) is 0 Å². The van der Waals surface area contributed by atoms with E-state index in [9.17, 15) is 4.79 Å². The zero-order valence-corrected chi connectivity index (χ0v) is 10.8. The molecule has 1 aromatic carbocycles. The smallest absolute Gasteiger partial charge is 0.321 e. The van der Waals surface area contributed by atoms with E-state index in [2.05, 4.69) is 0 Å². The molecule has 1 rings (SSSR count). The number of ether oxygens (including phenoxy) is 1. The van der Waals surface area contributed by atoms with Crippen LogP contribution in [0.25, 0.3) is 0 Å². The van der Waals surface area contributed by atoms with Crippen LogP contribution in [0.4, 0.5) is 0 Å². The van der Waals surface area contributed by atoms with Gasteiger partial charge in [-0.05, 0) is 13.0 Å². The molecule has 0 saturated carbocycles. The Morgan fingerprint density at radius 1 is 1.59 bits per heavy atom. The molecule has 0 saturated heterocycles. The Labute approximate surface area is 105 Å². The second-order valence-electron chi connectivity index (χ2n) is 3.78. The van der Waals surface area contributed by atoms with Crippen LogP contribution in [-0.2, 0) is 10.5 Å². The summed E-state index contributed by atoms with van der Waals surface area (Å²) in [7, 11) is 1.63. The summed E-state index contributed by atoms with van der Waals surface area (Å²) >= 11 is 1.50. The summed E-state index contributed by atoms with van der Waals surface area (Å²) in [5.74, 6) is 0.957. The largest absolute Gasteiger partial charge is 0.496 e. The number of nitrogens with two attached hydrogens (primary N) is 1. The van der Waals surface area contributed by atoms with Crippen LogP contribution in [0, 0.1) is 6.92 Å². The van der Waals surface area contributed by atoms with Crippen molar-refractivity contribution < 1.29 is 14.6 Å². The monoisotopic (exact) mass is 255 g/mol. The molecule has 0 aliphatic heterocycles. The number of rotatable bonds is 6. The predicted molar refractivity (Wildman–Crippen MR) is 69.5 cm³/mol. The minimum absolute atomic E-state index is 0.395. The number of carboxylic acids is 1. The van der Waals surface area contributed by atoms with Gasteiger partial charge in [-0.2, -0.15) is 11.8 Å². The molecule has 4 nitrogen and oxygen atoms in total. The van der Waals surface area contributed by atoms with Gasteiger partial charge in [-0.3, -0.25) is 4.79 Å². The van der Waals surface area contributed by atoms with Crippen LogP contribution >= 0.6 is 11.8 Å². The first-order valence-corrected chi connectivity index (χ1v) is 6.39. The van der Waals surface area contributed by atoms with Crippen molar-refractivity contribution in [3.8, 4) is 5.75 Å². The molecule has 0 radical (unpaired) electrons. The van der Waals surface area contributed by atoms with E-state index in [4.69, 9.17) is 15.6 Å². The van der Waals surface area contributed by atoms with Crippen LogP contribution in [0.1, 0.15) is 11.1 Å². The molecule has 0 heterocycles. The molecule has 0 aliphatic rings. The Bertz CT molecular complexity index is 395. The summed E-state index contributed by atoms with van der Waals surface area (Å²) in [6.07, 6.45) is 0. The molecule has 94 valence electrons. The first kappa shape index (κ1) is 13.9. The zero-order chi connectivity index (χ0) is 12.8. The normalized spacial score (nSPS) is 12.2. The van der Waals surface area contributed by atoms with Gasteiger partial charge in [0, 0.05) is 17.1 Å². The summed E-state index contributed by atoms with van der Waals surface area (Å²) in [5, 5.41) is 8.66. The van der Waals surface area contributed by atoms with Crippen molar-refractivity contribution in [1.29, 1.82) is 0 Å². The number of hydrogen-bond acceptors (Lipinski definition) is 4. The molecule has 0 spiro atoms. The summed E-state index contributed by atoms with van der Waals surface area (Å²) < 4.78 is 5.24. The van der Waals surface area contributed by atoms with Gasteiger partial charge in [0.1, 0.15) is 11.8 Å². The molecule has 0 bridgehead atoms. The maximum atomic E-state index is 10.6. The Hall–Kier alpha value is -1.20. The van der Waals surface area contributed by atoms with Crippen LogP contribution < -0.4 is 10.5 Å². The molecule has 5 heteroatoms. The Balaban J connectivity index is 2.56. The molecule has 0 fully saturated rings. The topological polar surface area (TPSA) is 72.5 Å². The third-order valence-electron chi connectivity index (χ3n) is 2.31. The van der Waals surface area contributed by atoms with Crippen molar-refractivity contribution in [2.24, 2.45) is 5.73 Å². The minimum atomic E-state index is -0.964. The summed E-state index contributed by atoms with van der Waals surface area (Å²) in [6.45, 7) is 2.01. The lowest BCUT2D eigenvalue weighted by Crippen LogP contribution is -2.32. The van der Waals surface area contributed by atoms with E-state index in [1.807, 2.05) is 25.1 Å². The van der Waals surface area contributed by atoms with Gasteiger partial charge in [-0.15, -0.1) is 0 Å². The summed E-state index contributed by atoms with van der Waals surface area (Å²) in [6, 6.07) is 5.13. The van der Waals surface area contributed by atoms with Crippen LogP contribution in [0.3, 0.4) is 0 Å². The number of aliphatic carboxylic acids is 1. The van der Waals surface area contributed by atoms with Crippen molar-refractivity contribution in [3.05, 3.63) is 29.3 Å². The maximum Gasteiger partial charge on any atom is 0.321 e. The highest BCUT2D eigenvalue weighted by molar-refractivity contribution is 7.98. The van der Waals surface area contributed by atoms with Gasteiger partial charge in [0.25, 0.3) is 0 Å². The number of benzene rings is 1. The third-order valence-corrected chi connectivity index (χ3v) is 3.42. The second kappa shape index (κ2) is 6.51. The lowest BCUT2D eigenvalue weighted by Gasteiger charge is -2.10. The summed E-state index contributed by atoms with van der Waals surface area (Å²) in [4.78, 5) is 10.6. The van der Waals surface area contributed by atoms with Gasteiger partial charge >= 0.3 is 5.97 Å². The van der Waals surface area contributed by atoms with Gasteiger partial charge in [-0.25, -0.2) is 0 Å². The molecule has 1 aromatic rings. The van der Waals surface area contributed by atoms with Crippen LogP contribution in [-0.4, -0.2) is 30.0 Å². The predicted octanol–water partition coefficient (Wildman–Crippen LogP) is 1.65. The van der Waals surface area contributed by atoms with Crippen LogP contribution in [0.2, 0.25) is 0 Å². The van der Waals surface area contributed by atoms with Crippen LogP contribution in [0.15, 0.2) is 18.2 Å². The van der Waals surface area contributed by atoms with Crippen molar-refractivity contribution in [2.75, 3.05) is 12.9 Å². The van der Waals surface area contributed by atoms with E-state index in [0.29, 0.717) is 11.5 Å². The number of hydrogen-bond donors (Lipinski definition) is 2. The van der Waals surface area contributed by atoms with Gasteiger partial charge < -0.3 is 15.6 Å². The zero-order valence-electron chi connectivity index (χ0n) is 9.97. The highest BCUT2D eigenvalue weighted by Crippen LogP contribution is 2.24. The van der Waals surface area contributed by atoms with E-state index in [0.717, 1.165) is 16.9 Å². The highest BCUT2D eigenvalue weighted by atomic mass is 32.2. The van der Waals surface area contributed by atoms with E-state index < -0.39 is 12.0 Å². The standard InChI is InChI=1S/C12H17NO3S/c1-8-3-4-11(16-2)9(5-8)6-17-7-10(13)12(14)15/h3-5,10H,6-7,13H2,1-2H3,(H,14,15)/t10-/m1/s1. The first-order valence-electron chi connectivity index (χ1n) is 5.24. The fraction of sp³-hybridized carbons (Fsp3) is 0.417. The van der Waals surface area contributed by atoms with Crippen molar-refractivity contribution in [2.45, 2.75) is 18.7 Å². The van der Waals surface area contributed by atoms with Gasteiger partial charge in [0.2, 0.25) is 0 Å². The Morgan fingerprint density at radius 3 is 2.88 bits per heavy atom. The number of carboxylic acid groups (broad SMARTS) is 1. The fourth-order valence-corrected chi connectivity index (χ4v) is 2.35. The average molecular weight is 255 g/mol. The van der Waals surface area contributed by atoms with E-state index in [1.165, 1.54) is 11.8 Å². The lowest BCUT2D eigenvalue weighted by molar-refractivity contribution is -0.137. The molecule has 0 aliphatic carbocycles. The number of methoxy groups -OCH3 is 1. The SMILES string of the molecule is COc1ccc(C)cc1CSC[C@@H](N)C(=O)O. The van der Waals surface area contributed by atoms with Crippen LogP contribution in [0.5, 0.6) is 5.75 Å². The molecule has 0 unspecified atom stereocenters. The molecule has 1 atom stereocenters. The third kappa shape index (κ3) is 4.28. The maximum absolute atomic E-state index is 10.6. The second-order valence-corrected chi connectivity index (χ2v) is 4.81. The molecule has 3 N–H and O–H groups in total. The van der Waals surface area contributed by atoms with Gasteiger partial charge in [0.05, 0.1) is 7.11 Å². The van der Waals surface area contributed by atoms with Crippen molar-refractivity contribution in [1.82, 2.24) is 0 Å². The fourth-order valence-electron chi connectivity index (χ4n) is 1.39. The summed E-state index contributed by atoms with van der Waals surface area (Å²) in [5.41, 5.74) is 7.65. The molecular weight excluding hydrogens is 238 g/mol. The number of thioether (sulfide) groups is 1. The van der Waals surface area contributed by atoms with E-state index in [-0.39, 0.29) is 0 Å². The highest BCUT2D eigenvalue weighted by Gasteiger charge is 2.11.